The molecular weight excluding hydrogens is 410 g/mol. The second-order valence-electron chi connectivity index (χ2n) is 5.07. The number of fused-ring (bicyclic) bond motifs is 1. The van der Waals surface area contributed by atoms with E-state index in [0.717, 1.165) is 0 Å². The van der Waals surface area contributed by atoms with Crippen LogP contribution in [-0.4, -0.2) is 39.5 Å². The minimum Gasteiger partial charge on any atom is -0.454 e. The average molecular weight is 421 g/mol. The van der Waals surface area contributed by atoms with E-state index >= 15 is 0 Å². The van der Waals surface area contributed by atoms with Gasteiger partial charge in [-0.15, -0.1) is 21.5 Å². The topological polar surface area (TPSA) is 115 Å². The fraction of sp³-hybridized carbons (Fsp3) is 0.133. The molecule has 12 heteroatoms. The van der Waals surface area contributed by atoms with Crippen LogP contribution in [0.3, 0.4) is 0 Å². The fourth-order valence-corrected chi connectivity index (χ4v) is 4.19. The first-order valence-electron chi connectivity index (χ1n) is 7.54. The number of nitrogens with zero attached hydrogens (tertiary/aromatic N) is 3. The molecule has 4 rings (SSSR count). The number of thiazole rings is 1. The van der Waals surface area contributed by atoms with Crippen molar-refractivity contribution in [2.75, 3.05) is 23.2 Å². The van der Waals surface area contributed by atoms with Gasteiger partial charge >= 0.3 is 0 Å². The quantitative estimate of drug-likeness (QED) is 0.461. The van der Waals surface area contributed by atoms with Gasteiger partial charge in [-0.05, 0) is 18.2 Å². The van der Waals surface area contributed by atoms with Gasteiger partial charge in [-0.2, -0.15) is 0 Å². The zero-order valence-corrected chi connectivity index (χ0v) is 15.9. The largest absolute Gasteiger partial charge is 0.454 e. The van der Waals surface area contributed by atoms with E-state index in [1.54, 1.807) is 29.8 Å². The molecule has 0 saturated heterocycles. The molecule has 0 fully saturated rings. The van der Waals surface area contributed by atoms with Gasteiger partial charge in [-0.25, -0.2) is 4.98 Å². The second kappa shape index (κ2) is 7.90. The molecule has 2 N–H and O–H groups in total. The number of anilines is 2. The van der Waals surface area contributed by atoms with Crippen molar-refractivity contribution in [1.82, 2.24) is 15.2 Å². The number of nitrogens with one attached hydrogen (secondary N) is 2. The summed E-state index contributed by atoms with van der Waals surface area (Å²) in [6.45, 7) is 0.146. The van der Waals surface area contributed by atoms with Gasteiger partial charge in [0.2, 0.25) is 17.8 Å². The first kappa shape index (κ1) is 17.7. The number of benzene rings is 1. The summed E-state index contributed by atoms with van der Waals surface area (Å²) >= 11 is 3.77. The van der Waals surface area contributed by atoms with E-state index in [2.05, 4.69) is 25.8 Å². The highest BCUT2D eigenvalue weighted by Gasteiger charge is 2.17. The maximum Gasteiger partial charge on any atom is 0.257 e. The number of carbonyl (C=O) groups is 2. The molecule has 3 heterocycles. The maximum atomic E-state index is 12.3. The van der Waals surface area contributed by atoms with Gasteiger partial charge in [-0.1, -0.05) is 23.1 Å². The van der Waals surface area contributed by atoms with Crippen molar-refractivity contribution in [2.24, 2.45) is 0 Å². The number of amides is 2. The molecule has 0 unspecified atom stereocenters. The van der Waals surface area contributed by atoms with Gasteiger partial charge in [0.1, 0.15) is 0 Å². The molecule has 27 heavy (non-hydrogen) atoms. The Morgan fingerprint density at radius 1 is 1.15 bits per heavy atom. The standard InChI is InChI=1S/C15H11N5O4S3/c21-11(17-13-16-3-4-25-13)6-26-15-20-19-14(27-15)18-12(22)8-1-2-9-10(5-8)24-7-23-9/h1-5H,6-7H2,(H,16,17,21)(H,18,19,22). The lowest BCUT2D eigenvalue weighted by Crippen LogP contribution is -2.13. The predicted molar refractivity (Wildman–Crippen MR) is 102 cm³/mol. The lowest BCUT2D eigenvalue weighted by Gasteiger charge is -2.02. The molecule has 138 valence electrons. The number of rotatable bonds is 6. The molecule has 2 aromatic heterocycles. The number of ether oxygens (including phenoxy) is 2. The van der Waals surface area contributed by atoms with E-state index in [1.165, 1.54) is 34.4 Å². The summed E-state index contributed by atoms with van der Waals surface area (Å²) in [5.74, 6) is 0.794. The first-order valence-corrected chi connectivity index (χ1v) is 10.2. The summed E-state index contributed by atoms with van der Waals surface area (Å²) in [5, 5.41) is 15.9. The Bertz CT molecular complexity index is 976. The van der Waals surface area contributed by atoms with E-state index in [0.29, 0.717) is 31.7 Å². The fourth-order valence-electron chi connectivity index (χ4n) is 2.09. The molecule has 2 amide bonds. The Labute approximate surface area is 165 Å². The zero-order chi connectivity index (χ0) is 18.6. The van der Waals surface area contributed by atoms with Crippen molar-refractivity contribution in [3.05, 3.63) is 35.3 Å². The SMILES string of the molecule is O=C(CSc1nnc(NC(=O)c2ccc3c(c2)OCO3)s1)Nc1nccs1. The predicted octanol–water partition coefficient (Wildman–Crippen LogP) is 2.71. The molecule has 0 radical (unpaired) electrons. The van der Waals surface area contributed by atoms with Gasteiger partial charge < -0.3 is 14.8 Å². The van der Waals surface area contributed by atoms with Gasteiger partial charge in [0.05, 0.1) is 5.75 Å². The van der Waals surface area contributed by atoms with E-state index in [4.69, 9.17) is 9.47 Å². The van der Waals surface area contributed by atoms with E-state index in [1.807, 2.05) is 0 Å². The third kappa shape index (κ3) is 4.35. The Morgan fingerprint density at radius 3 is 2.89 bits per heavy atom. The molecule has 0 atom stereocenters. The highest BCUT2D eigenvalue weighted by Crippen LogP contribution is 2.33. The van der Waals surface area contributed by atoms with Crippen LogP contribution < -0.4 is 20.1 Å². The second-order valence-corrected chi connectivity index (χ2v) is 8.16. The smallest absolute Gasteiger partial charge is 0.257 e. The summed E-state index contributed by atoms with van der Waals surface area (Å²) in [6.07, 6.45) is 1.62. The van der Waals surface area contributed by atoms with Crippen molar-refractivity contribution in [3.63, 3.8) is 0 Å². The van der Waals surface area contributed by atoms with Crippen molar-refractivity contribution < 1.29 is 19.1 Å². The normalized spacial score (nSPS) is 12.0. The summed E-state index contributed by atoms with van der Waals surface area (Å²) in [6, 6.07) is 4.93. The lowest BCUT2D eigenvalue weighted by atomic mass is 10.2. The van der Waals surface area contributed by atoms with Crippen LogP contribution in [0.2, 0.25) is 0 Å². The number of hydrogen-bond donors (Lipinski definition) is 2. The monoisotopic (exact) mass is 421 g/mol. The van der Waals surface area contributed by atoms with E-state index in [-0.39, 0.29) is 24.4 Å². The Balaban J connectivity index is 1.31. The Morgan fingerprint density at radius 2 is 2.04 bits per heavy atom. The highest BCUT2D eigenvalue weighted by atomic mass is 32.2. The molecular formula is C15H11N5O4S3. The average Bonchev–Trinajstić information content (AvgIpc) is 3.41. The minimum atomic E-state index is -0.331. The van der Waals surface area contributed by atoms with Crippen LogP contribution in [0.5, 0.6) is 11.5 Å². The van der Waals surface area contributed by atoms with Gasteiger partial charge in [0.25, 0.3) is 5.91 Å². The molecule has 1 aromatic carbocycles. The van der Waals surface area contributed by atoms with Crippen LogP contribution >= 0.6 is 34.4 Å². The molecule has 0 aliphatic carbocycles. The van der Waals surface area contributed by atoms with Crippen molar-refractivity contribution in [2.45, 2.75) is 4.34 Å². The van der Waals surface area contributed by atoms with Crippen LogP contribution in [0.25, 0.3) is 0 Å². The molecule has 1 aliphatic rings. The molecule has 9 nitrogen and oxygen atoms in total. The summed E-state index contributed by atoms with van der Waals surface area (Å²) in [7, 11) is 0. The minimum absolute atomic E-state index is 0.146. The van der Waals surface area contributed by atoms with Crippen molar-refractivity contribution in [1.29, 1.82) is 0 Å². The Hall–Kier alpha value is -2.70. The Kier molecular flexibility index (Phi) is 5.18. The lowest BCUT2D eigenvalue weighted by molar-refractivity contribution is -0.113. The van der Waals surface area contributed by atoms with E-state index in [9.17, 15) is 9.59 Å². The molecule has 1 aliphatic heterocycles. The zero-order valence-electron chi connectivity index (χ0n) is 13.5. The van der Waals surface area contributed by atoms with Crippen molar-refractivity contribution >= 4 is 56.5 Å². The van der Waals surface area contributed by atoms with Crippen LogP contribution in [-0.2, 0) is 4.79 Å². The third-order valence-electron chi connectivity index (χ3n) is 3.27. The number of aromatic nitrogens is 3. The number of carbonyl (C=O) groups excluding carboxylic acids is 2. The molecule has 0 spiro atoms. The van der Waals surface area contributed by atoms with Gasteiger partial charge in [0.15, 0.2) is 21.0 Å². The van der Waals surface area contributed by atoms with Gasteiger partial charge in [-0.3, -0.25) is 14.9 Å². The molecule has 0 bridgehead atoms. The van der Waals surface area contributed by atoms with Crippen LogP contribution in [0, 0.1) is 0 Å². The number of thioether (sulfide) groups is 1. The van der Waals surface area contributed by atoms with Crippen LogP contribution in [0.1, 0.15) is 10.4 Å². The number of hydrogen-bond acceptors (Lipinski definition) is 10. The van der Waals surface area contributed by atoms with E-state index < -0.39 is 0 Å². The maximum absolute atomic E-state index is 12.3. The summed E-state index contributed by atoms with van der Waals surface area (Å²) in [4.78, 5) is 28.2. The van der Waals surface area contributed by atoms with Crippen molar-refractivity contribution in [3.8, 4) is 11.5 Å². The van der Waals surface area contributed by atoms with Crippen LogP contribution in [0.4, 0.5) is 10.3 Å². The molecule has 0 saturated carbocycles. The van der Waals surface area contributed by atoms with Gasteiger partial charge in [0, 0.05) is 17.1 Å². The first-order chi connectivity index (χ1) is 13.2. The third-order valence-corrected chi connectivity index (χ3v) is 5.93. The highest BCUT2D eigenvalue weighted by molar-refractivity contribution is 8.01. The summed E-state index contributed by atoms with van der Waals surface area (Å²) < 4.78 is 11.1. The summed E-state index contributed by atoms with van der Waals surface area (Å²) in [5.41, 5.74) is 0.423. The molecule has 3 aromatic rings. The van der Waals surface area contributed by atoms with Crippen LogP contribution in [0.15, 0.2) is 34.1 Å².